The molecule has 1 atom stereocenters. The van der Waals surface area contributed by atoms with Crippen LogP contribution in [0.4, 0.5) is 4.39 Å². The average molecular weight is 166 g/mol. The summed E-state index contributed by atoms with van der Waals surface area (Å²) in [5.41, 5.74) is 0.729. The first-order valence-electron chi connectivity index (χ1n) is 3.67. The molecule has 0 radical (unpaired) electrons. The first-order chi connectivity index (χ1) is 5.77. The molecular weight excluding hydrogens is 159 g/mol. The zero-order valence-electron chi connectivity index (χ0n) is 6.29. The molecule has 1 aliphatic rings. The summed E-state index contributed by atoms with van der Waals surface area (Å²) in [7, 11) is 0. The van der Waals surface area contributed by atoms with Gasteiger partial charge in [0.25, 0.3) is 0 Å². The molecule has 0 amide bonds. The van der Waals surface area contributed by atoms with Crippen molar-refractivity contribution in [3.63, 3.8) is 0 Å². The first kappa shape index (κ1) is 7.43. The number of hydrogen-bond acceptors (Lipinski definition) is 2. The number of benzene rings is 1. The molecule has 0 spiro atoms. The molecule has 1 heterocycles. The van der Waals surface area contributed by atoms with Crippen LogP contribution < -0.4 is 0 Å². The standard InChI is InChI=1S/C9H7FO2/c10-7-3-1-6(2-4-7)9-8(11)5-12-9/h1-4,9H,5H2. The summed E-state index contributed by atoms with van der Waals surface area (Å²) >= 11 is 0. The third-order valence-electron chi connectivity index (χ3n) is 1.86. The van der Waals surface area contributed by atoms with Crippen LogP contribution in [0.2, 0.25) is 0 Å². The number of halogens is 1. The Labute approximate surface area is 69.0 Å². The Morgan fingerprint density at radius 1 is 1.33 bits per heavy atom. The van der Waals surface area contributed by atoms with Gasteiger partial charge >= 0.3 is 0 Å². The lowest BCUT2D eigenvalue weighted by Crippen LogP contribution is -2.32. The number of carbonyl (C=O) groups excluding carboxylic acids is 1. The SMILES string of the molecule is O=C1COC1c1ccc(F)cc1. The zero-order valence-corrected chi connectivity index (χ0v) is 6.29. The van der Waals surface area contributed by atoms with E-state index in [1.54, 1.807) is 12.1 Å². The van der Waals surface area contributed by atoms with E-state index in [9.17, 15) is 9.18 Å². The van der Waals surface area contributed by atoms with Crippen LogP contribution in [0.1, 0.15) is 11.7 Å². The van der Waals surface area contributed by atoms with E-state index in [0.29, 0.717) is 0 Å². The zero-order chi connectivity index (χ0) is 8.55. The summed E-state index contributed by atoms with van der Waals surface area (Å²) in [6.45, 7) is 0.183. The van der Waals surface area contributed by atoms with Gasteiger partial charge in [-0.05, 0) is 17.7 Å². The minimum atomic E-state index is -0.453. The van der Waals surface area contributed by atoms with Gasteiger partial charge in [-0.15, -0.1) is 0 Å². The van der Waals surface area contributed by atoms with Gasteiger partial charge in [0.2, 0.25) is 0 Å². The number of ketones is 1. The third-order valence-corrected chi connectivity index (χ3v) is 1.86. The second kappa shape index (κ2) is 2.68. The van der Waals surface area contributed by atoms with E-state index in [1.807, 2.05) is 0 Å². The molecule has 2 rings (SSSR count). The third kappa shape index (κ3) is 1.12. The average Bonchev–Trinajstić information content (AvgIpc) is 2.06. The normalized spacial score (nSPS) is 22.1. The molecule has 12 heavy (non-hydrogen) atoms. The maximum absolute atomic E-state index is 12.4. The van der Waals surface area contributed by atoms with Crippen molar-refractivity contribution < 1.29 is 13.9 Å². The molecule has 1 fully saturated rings. The molecule has 2 nitrogen and oxygen atoms in total. The van der Waals surface area contributed by atoms with E-state index in [0.717, 1.165) is 5.56 Å². The molecule has 0 bridgehead atoms. The lowest BCUT2D eigenvalue weighted by atomic mass is 10.0. The van der Waals surface area contributed by atoms with Crippen LogP contribution >= 0.6 is 0 Å². The fraction of sp³-hybridized carbons (Fsp3) is 0.222. The summed E-state index contributed by atoms with van der Waals surface area (Å²) < 4.78 is 17.4. The van der Waals surface area contributed by atoms with E-state index in [2.05, 4.69) is 0 Å². The second-order valence-corrected chi connectivity index (χ2v) is 2.71. The predicted molar refractivity (Wildman–Crippen MR) is 40.1 cm³/mol. The molecule has 0 aliphatic carbocycles. The molecule has 62 valence electrons. The molecule has 0 N–H and O–H groups in total. The van der Waals surface area contributed by atoms with Crippen LogP contribution in [0.5, 0.6) is 0 Å². The Morgan fingerprint density at radius 3 is 2.42 bits per heavy atom. The molecule has 1 aromatic carbocycles. The molecular formula is C9H7FO2. The maximum Gasteiger partial charge on any atom is 0.191 e. The van der Waals surface area contributed by atoms with Crippen molar-refractivity contribution in [1.29, 1.82) is 0 Å². The van der Waals surface area contributed by atoms with Gasteiger partial charge in [0, 0.05) is 0 Å². The van der Waals surface area contributed by atoms with Gasteiger partial charge in [-0.25, -0.2) is 4.39 Å². The Kier molecular flexibility index (Phi) is 1.66. The van der Waals surface area contributed by atoms with Gasteiger partial charge in [0.1, 0.15) is 18.5 Å². The highest BCUT2D eigenvalue weighted by Gasteiger charge is 2.30. The maximum atomic E-state index is 12.4. The highest BCUT2D eigenvalue weighted by atomic mass is 19.1. The minimum absolute atomic E-state index is 0.0570. The van der Waals surface area contributed by atoms with Gasteiger partial charge in [0.15, 0.2) is 5.78 Å². The fourth-order valence-corrected chi connectivity index (χ4v) is 1.15. The molecule has 1 aromatic rings. The number of ether oxygens (including phenoxy) is 1. The van der Waals surface area contributed by atoms with Gasteiger partial charge in [0.05, 0.1) is 0 Å². The summed E-state index contributed by atoms with van der Waals surface area (Å²) in [5.74, 6) is -0.243. The Hall–Kier alpha value is -1.22. The molecule has 1 saturated heterocycles. The lowest BCUT2D eigenvalue weighted by Gasteiger charge is -2.24. The van der Waals surface area contributed by atoms with Crippen molar-refractivity contribution in [3.8, 4) is 0 Å². The molecule has 0 saturated carbocycles. The highest BCUT2D eigenvalue weighted by Crippen LogP contribution is 2.25. The van der Waals surface area contributed by atoms with E-state index < -0.39 is 6.10 Å². The molecule has 3 heteroatoms. The van der Waals surface area contributed by atoms with E-state index in [1.165, 1.54) is 12.1 Å². The van der Waals surface area contributed by atoms with Crippen LogP contribution in [0.15, 0.2) is 24.3 Å². The van der Waals surface area contributed by atoms with Crippen LogP contribution in [0.3, 0.4) is 0 Å². The van der Waals surface area contributed by atoms with Gasteiger partial charge in [-0.1, -0.05) is 12.1 Å². The Bertz CT molecular complexity index is 305. The quantitative estimate of drug-likeness (QED) is 0.631. The summed E-state index contributed by atoms with van der Waals surface area (Å²) in [6, 6.07) is 5.78. The summed E-state index contributed by atoms with van der Waals surface area (Å²) in [5, 5.41) is 0. The lowest BCUT2D eigenvalue weighted by molar-refractivity contribution is -0.155. The fourth-order valence-electron chi connectivity index (χ4n) is 1.15. The highest BCUT2D eigenvalue weighted by molar-refractivity contribution is 5.89. The van der Waals surface area contributed by atoms with E-state index >= 15 is 0 Å². The van der Waals surface area contributed by atoms with E-state index in [-0.39, 0.29) is 18.2 Å². The molecule has 1 unspecified atom stereocenters. The van der Waals surface area contributed by atoms with Crippen LogP contribution in [-0.4, -0.2) is 12.4 Å². The summed E-state index contributed by atoms with van der Waals surface area (Å²) in [4.78, 5) is 10.9. The number of carbonyl (C=O) groups is 1. The smallest absolute Gasteiger partial charge is 0.191 e. The van der Waals surface area contributed by atoms with Crippen molar-refractivity contribution in [2.75, 3.05) is 6.61 Å². The second-order valence-electron chi connectivity index (χ2n) is 2.71. The van der Waals surface area contributed by atoms with Gasteiger partial charge in [-0.3, -0.25) is 4.79 Å². The number of rotatable bonds is 1. The molecule has 0 aromatic heterocycles. The van der Waals surface area contributed by atoms with Gasteiger partial charge < -0.3 is 4.74 Å². The summed E-state index contributed by atoms with van der Waals surface area (Å²) in [6.07, 6.45) is -0.453. The number of hydrogen-bond donors (Lipinski definition) is 0. The van der Waals surface area contributed by atoms with Crippen molar-refractivity contribution >= 4 is 5.78 Å². The Balaban J connectivity index is 2.23. The van der Waals surface area contributed by atoms with Crippen molar-refractivity contribution in [3.05, 3.63) is 35.6 Å². The number of Topliss-reactive ketones (excluding diaryl/α,β-unsaturated/α-hetero) is 1. The van der Waals surface area contributed by atoms with Crippen LogP contribution in [0.25, 0.3) is 0 Å². The van der Waals surface area contributed by atoms with Crippen molar-refractivity contribution in [2.45, 2.75) is 6.10 Å². The topological polar surface area (TPSA) is 26.3 Å². The van der Waals surface area contributed by atoms with Crippen LogP contribution in [0, 0.1) is 5.82 Å². The Morgan fingerprint density at radius 2 is 2.00 bits per heavy atom. The first-order valence-corrected chi connectivity index (χ1v) is 3.67. The minimum Gasteiger partial charge on any atom is -0.358 e. The van der Waals surface area contributed by atoms with Crippen molar-refractivity contribution in [2.24, 2.45) is 0 Å². The largest absolute Gasteiger partial charge is 0.358 e. The predicted octanol–water partition coefficient (Wildman–Crippen LogP) is 1.47. The monoisotopic (exact) mass is 166 g/mol. The molecule has 1 aliphatic heterocycles. The van der Waals surface area contributed by atoms with Crippen molar-refractivity contribution in [1.82, 2.24) is 0 Å². The van der Waals surface area contributed by atoms with Crippen LogP contribution in [-0.2, 0) is 9.53 Å². The van der Waals surface area contributed by atoms with E-state index in [4.69, 9.17) is 4.74 Å². The van der Waals surface area contributed by atoms with Gasteiger partial charge in [-0.2, -0.15) is 0 Å².